The van der Waals surface area contributed by atoms with E-state index in [0.717, 1.165) is 12.8 Å². The van der Waals surface area contributed by atoms with Crippen molar-refractivity contribution in [1.29, 1.82) is 0 Å². The Bertz CT molecular complexity index is 147. The first-order valence-electron chi connectivity index (χ1n) is 6.07. The number of hydrogen-bond donors (Lipinski definition) is 1. The Morgan fingerprint density at radius 2 is 2.00 bits per heavy atom. The van der Waals surface area contributed by atoms with Gasteiger partial charge in [-0.3, -0.25) is 0 Å². The Morgan fingerprint density at radius 1 is 1.21 bits per heavy atom. The molecular formula is C12H24O2. The third-order valence-electron chi connectivity index (χ3n) is 3.11. The Labute approximate surface area is 87.7 Å². The number of aliphatic hydroxyl groups excluding tert-OH is 1. The maximum Gasteiger partial charge on any atom is 0.0809 e. The lowest BCUT2D eigenvalue weighted by Crippen LogP contribution is -2.36. The van der Waals surface area contributed by atoms with Crippen LogP contribution in [0.2, 0.25) is 0 Å². The highest BCUT2D eigenvalue weighted by molar-refractivity contribution is 4.75. The molecule has 0 aromatic carbocycles. The lowest BCUT2D eigenvalue weighted by atomic mass is 9.98. The van der Waals surface area contributed by atoms with Gasteiger partial charge in [0.15, 0.2) is 0 Å². The van der Waals surface area contributed by atoms with Gasteiger partial charge in [-0.2, -0.15) is 0 Å². The van der Waals surface area contributed by atoms with Crippen LogP contribution in [0.1, 0.15) is 58.8 Å². The summed E-state index contributed by atoms with van der Waals surface area (Å²) in [4.78, 5) is 0. The van der Waals surface area contributed by atoms with Crippen molar-refractivity contribution in [2.24, 2.45) is 0 Å². The minimum absolute atomic E-state index is 0.0416. The summed E-state index contributed by atoms with van der Waals surface area (Å²) in [6, 6.07) is 0. The molecule has 0 saturated carbocycles. The first-order chi connectivity index (χ1) is 6.74. The summed E-state index contributed by atoms with van der Waals surface area (Å²) in [5.41, 5.74) is 0. The van der Waals surface area contributed by atoms with Gasteiger partial charge >= 0.3 is 0 Å². The molecule has 1 rings (SSSR count). The highest BCUT2D eigenvalue weighted by Gasteiger charge is 2.25. The molecule has 0 spiro atoms. The minimum Gasteiger partial charge on any atom is -0.390 e. The molecule has 84 valence electrons. The zero-order valence-electron chi connectivity index (χ0n) is 9.54. The summed E-state index contributed by atoms with van der Waals surface area (Å²) >= 11 is 0. The molecule has 2 nitrogen and oxygen atoms in total. The Balaban J connectivity index is 2.07. The molecule has 1 heterocycles. The van der Waals surface area contributed by atoms with E-state index in [1.54, 1.807) is 0 Å². The predicted molar refractivity (Wildman–Crippen MR) is 58.3 cm³/mol. The number of ether oxygens (including phenoxy) is 1. The lowest BCUT2D eigenvalue weighted by Gasteiger charge is -2.31. The molecule has 14 heavy (non-hydrogen) atoms. The molecule has 1 saturated heterocycles. The van der Waals surface area contributed by atoms with Gasteiger partial charge in [-0.1, -0.05) is 32.6 Å². The van der Waals surface area contributed by atoms with E-state index in [4.69, 9.17) is 4.74 Å². The standard InChI is InChI=1S/C12H24O2/c1-3-4-5-6-7-11-8-9-12(13)10(2)14-11/h10-13H,3-9H2,1-2H3/t10-,11-,12+/m1/s1. The van der Waals surface area contributed by atoms with Gasteiger partial charge in [0.2, 0.25) is 0 Å². The summed E-state index contributed by atoms with van der Waals surface area (Å²) in [5, 5.41) is 9.48. The molecule has 0 aromatic rings. The highest BCUT2D eigenvalue weighted by Crippen LogP contribution is 2.23. The second-order valence-corrected chi connectivity index (χ2v) is 4.46. The van der Waals surface area contributed by atoms with Crippen molar-refractivity contribution in [3.63, 3.8) is 0 Å². The smallest absolute Gasteiger partial charge is 0.0809 e. The normalized spacial score (nSPS) is 33.2. The maximum atomic E-state index is 9.48. The van der Waals surface area contributed by atoms with E-state index >= 15 is 0 Å². The van der Waals surface area contributed by atoms with Crippen LogP contribution in [0.25, 0.3) is 0 Å². The van der Waals surface area contributed by atoms with Crippen molar-refractivity contribution in [1.82, 2.24) is 0 Å². The van der Waals surface area contributed by atoms with Gasteiger partial charge in [-0.25, -0.2) is 0 Å². The highest BCUT2D eigenvalue weighted by atomic mass is 16.5. The third kappa shape index (κ3) is 3.97. The van der Waals surface area contributed by atoms with E-state index in [0.29, 0.717) is 6.10 Å². The Kier molecular flexibility index (Phi) is 5.49. The molecule has 0 aliphatic carbocycles. The van der Waals surface area contributed by atoms with Crippen LogP contribution in [-0.4, -0.2) is 23.4 Å². The van der Waals surface area contributed by atoms with E-state index in [9.17, 15) is 5.11 Å². The van der Waals surface area contributed by atoms with Gasteiger partial charge in [-0.05, 0) is 26.2 Å². The summed E-state index contributed by atoms with van der Waals surface area (Å²) in [6.45, 7) is 4.21. The van der Waals surface area contributed by atoms with Crippen LogP contribution in [0.4, 0.5) is 0 Å². The van der Waals surface area contributed by atoms with Crippen LogP contribution >= 0.6 is 0 Å². The number of hydrogen-bond acceptors (Lipinski definition) is 2. The van der Waals surface area contributed by atoms with Crippen molar-refractivity contribution in [2.75, 3.05) is 0 Å². The molecule has 2 heteroatoms. The van der Waals surface area contributed by atoms with Crippen LogP contribution in [0.3, 0.4) is 0 Å². The van der Waals surface area contributed by atoms with Gasteiger partial charge in [-0.15, -0.1) is 0 Å². The molecule has 1 aliphatic heterocycles. The summed E-state index contributed by atoms with van der Waals surface area (Å²) in [5.74, 6) is 0. The molecule has 0 aromatic heterocycles. The average molecular weight is 200 g/mol. The molecule has 1 aliphatic rings. The van der Waals surface area contributed by atoms with Gasteiger partial charge in [0.05, 0.1) is 18.3 Å². The van der Waals surface area contributed by atoms with Gasteiger partial charge in [0, 0.05) is 0 Å². The van der Waals surface area contributed by atoms with Crippen LogP contribution in [0.15, 0.2) is 0 Å². The molecule has 1 fully saturated rings. The quantitative estimate of drug-likeness (QED) is 0.691. The van der Waals surface area contributed by atoms with E-state index in [-0.39, 0.29) is 12.2 Å². The van der Waals surface area contributed by atoms with Crippen molar-refractivity contribution in [2.45, 2.75) is 77.1 Å². The van der Waals surface area contributed by atoms with E-state index in [1.165, 1.54) is 32.1 Å². The summed E-state index contributed by atoms with van der Waals surface area (Å²) < 4.78 is 5.73. The monoisotopic (exact) mass is 200 g/mol. The Hall–Kier alpha value is -0.0800. The zero-order valence-corrected chi connectivity index (χ0v) is 9.54. The van der Waals surface area contributed by atoms with Crippen LogP contribution in [-0.2, 0) is 4.74 Å². The maximum absolute atomic E-state index is 9.48. The van der Waals surface area contributed by atoms with E-state index in [2.05, 4.69) is 6.92 Å². The van der Waals surface area contributed by atoms with Crippen LogP contribution < -0.4 is 0 Å². The van der Waals surface area contributed by atoms with Crippen LogP contribution in [0, 0.1) is 0 Å². The van der Waals surface area contributed by atoms with Crippen molar-refractivity contribution < 1.29 is 9.84 Å². The Morgan fingerprint density at radius 3 is 2.64 bits per heavy atom. The zero-order chi connectivity index (χ0) is 10.4. The van der Waals surface area contributed by atoms with Gasteiger partial charge < -0.3 is 9.84 Å². The molecule has 3 atom stereocenters. The second kappa shape index (κ2) is 6.41. The first-order valence-corrected chi connectivity index (χ1v) is 6.07. The van der Waals surface area contributed by atoms with Crippen molar-refractivity contribution >= 4 is 0 Å². The fraction of sp³-hybridized carbons (Fsp3) is 1.00. The average Bonchev–Trinajstić information content (AvgIpc) is 2.18. The topological polar surface area (TPSA) is 29.5 Å². The molecule has 0 amide bonds. The molecule has 0 bridgehead atoms. The van der Waals surface area contributed by atoms with E-state index < -0.39 is 0 Å². The largest absolute Gasteiger partial charge is 0.390 e. The number of unbranched alkanes of at least 4 members (excludes halogenated alkanes) is 3. The van der Waals surface area contributed by atoms with Gasteiger partial charge in [0.1, 0.15) is 0 Å². The van der Waals surface area contributed by atoms with Crippen LogP contribution in [0.5, 0.6) is 0 Å². The fourth-order valence-electron chi connectivity index (χ4n) is 2.06. The molecule has 1 N–H and O–H groups in total. The minimum atomic E-state index is -0.234. The molecule has 0 unspecified atom stereocenters. The third-order valence-corrected chi connectivity index (χ3v) is 3.11. The predicted octanol–water partition coefficient (Wildman–Crippen LogP) is 2.89. The van der Waals surface area contributed by atoms with Gasteiger partial charge in [0.25, 0.3) is 0 Å². The summed E-state index contributed by atoms with van der Waals surface area (Å²) in [7, 11) is 0. The number of aliphatic hydroxyl groups is 1. The van der Waals surface area contributed by atoms with Crippen molar-refractivity contribution in [3.8, 4) is 0 Å². The molecular weight excluding hydrogens is 176 g/mol. The first kappa shape index (κ1) is 12.0. The number of rotatable bonds is 5. The summed E-state index contributed by atoms with van der Waals surface area (Å²) in [6.07, 6.45) is 8.58. The fourth-order valence-corrected chi connectivity index (χ4v) is 2.06. The van der Waals surface area contributed by atoms with Crippen molar-refractivity contribution in [3.05, 3.63) is 0 Å². The second-order valence-electron chi connectivity index (χ2n) is 4.46. The molecule has 0 radical (unpaired) electrons. The van der Waals surface area contributed by atoms with E-state index in [1.807, 2.05) is 6.92 Å². The SMILES string of the molecule is CCCCCC[C@@H]1CC[C@H](O)[C@@H](C)O1. The lowest BCUT2D eigenvalue weighted by molar-refractivity contribution is -0.110.